The summed E-state index contributed by atoms with van der Waals surface area (Å²) in [6, 6.07) is 1.91. The quantitative estimate of drug-likeness (QED) is 0.821. The van der Waals surface area contributed by atoms with Gasteiger partial charge in [0.15, 0.2) is 5.65 Å². The maximum atomic E-state index is 12.8. The molecule has 8 heteroatoms. The summed E-state index contributed by atoms with van der Waals surface area (Å²) >= 11 is 0. The molecule has 0 bridgehead atoms. The van der Waals surface area contributed by atoms with Crippen LogP contribution in [0.2, 0.25) is 0 Å². The molecule has 1 amide bonds. The molecule has 1 aliphatic carbocycles. The SMILES string of the molecule is C=Nc1cc(=O)n(C2CCCC2)c2nc(NC3CCN(C(C)=O)CC3)ncc12. The van der Waals surface area contributed by atoms with Crippen LogP contribution in [0.15, 0.2) is 22.1 Å². The summed E-state index contributed by atoms with van der Waals surface area (Å²) in [5.41, 5.74) is 1.07. The average molecular weight is 382 g/mol. The lowest BCUT2D eigenvalue weighted by atomic mass is 10.1. The Balaban J connectivity index is 1.65. The predicted molar refractivity (Wildman–Crippen MR) is 109 cm³/mol. The van der Waals surface area contributed by atoms with Gasteiger partial charge in [-0.1, -0.05) is 12.8 Å². The van der Waals surface area contributed by atoms with Gasteiger partial charge in [-0.2, -0.15) is 4.98 Å². The van der Waals surface area contributed by atoms with Crippen LogP contribution in [0, 0.1) is 0 Å². The Morgan fingerprint density at radius 2 is 1.96 bits per heavy atom. The van der Waals surface area contributed by atoms with Crippen LogP contribution in [0.1, 0.15) is 51.5 Å². The number of aliphatic imine (C=N–C) groups is 1. The van der Waals surface area contributed by atoms with E-state index in [1.807, 2.05) is 9.47 Å². The summed E-state index contributed by atoms with van der Waals surface area (Å²) in [5, 5.41) is 4.13. The first-order valence-electron chi connectivity index (χ1n) is 9.98. The molecule has 0 unspecified atom stereocenters. The summed E-state index contributed by atoms with van der Waals surface area (Å²) in [4.78, 5) is 39.3. The predicted octanol–water partition coefficient (Wildman–Crippen LogP) is 2.66. The zero-order valence-electron chi connectivity index (χ0n) is 16.2. The molecule has 0 atom stereocenters. The van der Waals surface area contributed by atoms with Gasteiger partial charge in [0, 0.05) is 44.4 Å². The molecule has 3 heterocycles. The number of nitrogens with one attached hydrogen (secondary N) is 1. The number of fused-ring (bicyclic) bond motifs is 1. The van der Waals surface area contributed by atoms with Crippen molar-refractivity contribution >= 4 is 35.3 Å². The van der Waals surface area contributed by atoms with Crippen molar-refractivity contribution in [2.45, 2.75) is 57.5 Å². The summed E-state index contributed by atoms with van der Waals surface area (Å²) in [6.07, 6.45) is 7.67. The lowest BCUT2D eigenvalue weighted by Crippen LogP contribution is -2.41. The molecule has 1 aliphatic heterocycles. The van der Waals surface area contributed by atoms with Crippen LogP contribution in [0.4, 0.5) is 11.6 Å². The van der Waals surface area contributed by atoms with Crippen LogP contribution in [-0.4, -0.2) is 51.2 Å². The van der Waals surface area contributed by atoms with E-state index in [-0.39, 0.29) is 23.6 Å². The third-order valence-corrected chi connectivity index (χ3v) is 5.90. The number of anilines is 1. The van der Waals surface area contributed by atoms with Crippen molar-refractivity contribution < 1.29 is 4.79 Å². The fraction of sp³-hybridized carbons (Fsp3) is 0.550. The van der Waals surface area contributed by atoms with Crippen molar-refractivity contribution in [3.05, 3.63) is 22.6 Å². The van der Waals surface area contributed by atoms with E-state index < -0.39 is 0 Å². The molecular formula is C20H26N6O2. The highest BCUT2D eigenvalue weighted by Crippen LogP contribution is 2.32. The smallest absolute Gasteiger partial charge is 0.254 e. The highest BCUT2D eigenvalue weighted by atomic mass is 16.2. The highest BCUT2D eigenvalue weighted by Gasteiger charge is 2.24. The van der Waals surface area contributed by atoms with Crippen molar-refractivity contribution in [2.24, 2.45) is 4.99 Å². The first kappa shape index (κ1) is 18.6. The zero-order chi connectivity index (χ0) is 19.7. The molecule has 8 nitrogen and oxygen atoms in total. The van der Waals surface area contributed by atoms with Crippen LogP contribution in [0.3, 0.4) is 0 Å². The van der Waals surface area contributed by atoms with Crippen LogP contribution in [-0.2, 0) is 4.79 Å². The van der Waals surface area contributed by atoms with E-state index in [1.54, 1.807) is 13.1 Å². The standard InChI is InChI=1S/C20H26N6O2/c1-13(27)25-9-7-14(8-10-25)23-20-22-12-16-17(21-2)11-18(28)26(19(16)24-20)15-5-3-4-6-15/h11-12,14-15H,2-10H2,1H3,(H,22,23,24). The number of hydrogen-bond donors (Lipinski definition) is 1. The number of amides is 1. The van der Waals surface area contributed by atoms with Crippen molar-refractivity contribution in [3.63, 3.8) is 0 Å². The number of rotatable bonds is 4. The van der Waals surface area contributed by atoms with Gasteiger partial charge < -0.3 is 10.2 Å². The lowest BCUT2D eigenvalue weighted by Gasteiger charge is -2.31. The number of aromatic nitrogens is 3. The average Bonchev–Trinajstić information content (AvgIpc) is 3.21. The van der Waals surface area contributed by atoms with E-state index in [9.17, 15) is 9.59 Å². The fourth-order valence-corrected chi connectivity index (χ4v) is 4.34. The van der Waals surface area contributed by atoms with Gasteiger partial charge in [-0.05, 0) is 32.4 Å². The van der Waals surface area contributed by atoms with Gasteiger partial charge in [0.05, 0.1) is 11.1 Å². The number of hydrogen-bond acceptors (Lipinski definition) is 6. The normalized spacial score (nSPS) is 18.5. The van der Waals surface area contributed by atoms with Crippen LogP contribution in [0.5, 0.6) is 0 Å². The molecule has 0 radical (unpaired) electrons. The van der Waals surface area contributed by atoms with E-state index in [0.717, 1.165) is 57.0 Å². The largest absolute Gasteiger partial charge is 0.351 e. The number of nitrogens with zero attached hydrogens (tertiary/aromatic N) is 5. The Morgan fingerprint density at radius 1 is 1.25 bits per heavy atom. The first-order valence-corrected chi connectivity index (χ1v) is 9.98. The second-order valence-corrected chi connectivity index (χ2v) is 7.69. The fourth-order valence-electron chi connectivity index (χ4n) is 4.34. The van der Waals surface area contributed by atoms with E-state index in [0.29, 0.717) is 17.3 Å². The maximum absolute atomic E-state index is 12.8. The molecule has 2 aromatic heterocycles. The summed E-state index contributed by atoms with van der Waals surface area (Å²) in [7, 11) is 0. The molecule has 2 aromatic rings. The second-order valence-electron chi connectivity index (χ2n) is 7.69. The zero-order valence-corrected chi connectivity index (χ0v) is 16.2. The maximum Gasteiger partial charge on any atom is 0.254 e. The van der Waals surface area contributed by atoms with Crippen molar-refractivity contribution in [1.29, 1.82) is 0 Å². The number of piperidine rings is 1. The summed E-state index contributed by atoms with van der Waals surface area (Å²) < 4.78 is 1.81. The molecule has 2 aliphatic rings. The van der Waals surface area contributed by atoms with Gasteiger partial charge in [-0.3, -0.25) is 19.1 Å². The Labute approximate surface area is 163 Å². The van der Waals surface area contributed by atoms with Crippen LogP contribution in [0.25, 0.3) is 11.0 Å². The lowest BCUT2D eigenvalue weighted by molar-refractivity contribution is -0.129. The van der Waals surface area contributed by atoms with Crippen LogP contribution >= 0.6 is 0 Å². The van der Waals surface area contributed by atoms with Gasteiger partial charge >= 0.3 is 0 Å². The molecule has 148 valence electrons. The van der Waals surface area contributed by atoms with E-state index in [4.69, 9.17) is 4.98 Å². The van der Waals surface area contributed by atoms with E-state index >= 15 is 0 Å². The number of likely N-dealkylation sites (tertiary alicyclic amines) is 1. The number of pyridine rings is 1. The molecule has 1 N–H and O–H groups in total. The minimum atomic E-state index is -0.0822. The van der Waals surface area contributed by atoms with E-state index in [2.05, 4.69) is 22.0 Å². The molecule has 28 heavy (non-hydrogen) atoms. The molecule has 0 aromatic carbocycles. The molecular weight excluding hydrogens is 356 g/mol. The minimum Gasteiger partial charge on any atom is -0.351 e. The van der Waals surface area contributed by atoms with Crippen molar-refractivity contribution in [3.8, 4) is 0 Å². The first-order chi connectivity index (χ1) is 13.6. The van der Waals surface area contributed by atoms with Crippen LogP contribution < -0.4 is 10.9 Å². The Kier molecular flexibility index (Phi) is 5.11. The third kappa shape index (κ3) is 3.50. The minimum absolute atomic E-state index is 0.0822. The number of carbonyl (C=O) groups is 1. The van der Waals surface area contributed by atoms with Gasteiger partial charge in [0.25, 0.3) is 5.56 Å². The summed E-state index contributed by atoms with van der Waals surface area (Å²) in [5.74, 6) is 0.631. The van der Waals surface area contributed by atoms with Gasteiger partial charge in [-0.15, -0.1) is 0 Å². The molecule has 4 rings (SSSR count). The molecule has 1 saturated heterocycles. The highest BCUT2D eigenvalue weighted by molar-refractivity contribution is 5.88. The molecule has 2 fully saturated rings. The molecule has 1 saturated carbocycles. The Bertz CT molecular complexity index is 955. The third-order valence-electron chi connectivity index (χ3n) is 5.90. The summed E-state index contributed by atoms with van der Waals surface area (Å²) in [6.45, 7) is 6.66. The monoisotopic (exact) mass is 382 g/mol. The van der Waals surface area contributed by atoms with Gasteiger partial charge in [0.2, 0.25) is 11.9 Å². The number of carbonyl (C=O) groups excluding carboxylic acids is 1. The Hall–Kier alpha value is -2.77. The molecule has 0 spiro atoms. The Morgan fingerprint density at radius 3 is 2.61 bits per heavy atom. The van der Waals surface area contributed by atoms with E-state index in [1.165, 1.54) is 6.07 Å². The van der Waals surface area contributed by atoms with Gasteiger partial charge in [-0.25, -0.2) is 4.98 Å². The van der Waals surface area contributed by atoms with Crippen molar-refractivity contribution in [2.75, 3.05) is 18.4 Å². The van der Waals surface area contributed by atoms with Crippen molar-refractivity contribution in [1.82, 2.24) is 19.4 Å². The topological polar surface area (TPSA) is 92.5 Å². The van der Waals surface area contributed by atoms with Gasteiger partial charge in [0.1, 0.15) is 0 Å². The second kappa shape index (κ2) is 7.69.